The highest BCUT2D eigenvalue weighted by atomic mass is 19.1. The molecule has 0 aliphatic heterocycles. The lowest BCUT2D eigenvalue weighted by molar-refractivity contribution is 0.607. The molecule has 0 bridgehead atoms. The van der Waals surface area contributed by atoms with Gasteiger partial charge in [-0.25, -0.2) is 13.8 Å². The number of aromatic nitrogens is 1. The Labute approximate surface area is 117 Å². The number of aryl methyl sites for hydroxylation is 1. The molecule has 0 spiro atoms. The lowest BCUT2D eigenvalue weighted by Gasteiger charge is -2.13. The molecule has 3 rings (SSSR count). The summed E-state index contributed by atoms with van der Waals surface area (Å²) in [5.74, 6) is -0.416. The lowest BCUT2D eigenvalue weighted by Crippen LogP contribution is -2.05. The number of fused-ring (bicyclic) bond motifs is 1. The number of pyridine rings is 1. The Morgan fingerprint density at radius 1 is 1.30 bits per heavy atom. The maximum absolute atomic E-state index is 14.4. The summed E-state index contributed by atoms with van der Waals surface area (Å²) in [5.41, 5.74) is 2.00. The number of nitrogens with zero attached hydrogens (tertiary/aromatic N) is 1. The third-order valence-corrected chi connectivity index (χ3v) is 3.74. The molecule has 1 aliphatic rings. The van der Waals surface area contributed by atoms with Gasteiger partial charge in [0.1, 0.15) is 17.2 Å². The first-order valence-electron chi connectivity index (χ1n) is 7.15. The first-order valence-corrected chi connectivity index (χ1v) is 7.15. The van der Waals surface area contributed by atoms with Crippen molar-refractivity contribution in [3.63, 3.8) is 0 Å². The molecule has 20 heavy (non-hydrogen) atoms. The summed E-state index contributed by atoms with van der Waals surface area (Å²) >= 11 is 0. The molecule has 106 valence electrons. The molecule has 0 unspecified atom stereocenters. The Bertz CT molecular complexity index is 663. The fraction of sp³-hybridized carbons (Fsp3) is 0.438. The van der Waals surface area contributed by atoms with Crippen molar-refractivity contribution in [2.24, 2.45) is 0 Å². The lowest BCUT2D eigenvalue weighted by atomic mass is 10.1. The Morgan fingerprint density at radius 3 is 2.70 bits per heavy atom. The summed E-state index contributed by atoms with van der Waals surface area (Å²) in [6, 6.07) is 3.11. The second-order valence-corrected chi connectivity index (χ2v) is 5.51. The molecule has 1 heterocycles. The second-order valence-electron chi connectivity index (χ2n) is 5.51. The van der Waals surface area contributed by atoms with Crippen LogP contribution in [0.2, 0.25) is 0 Å². The molecule has 0 saturated heterocycles. The van der Waals surface area contributed by atoms with Crippen LogP contribution >= 0.6 is 0 Å². The molecule has 2 aromatic rings. The zero-order chi connectivity index (χ0) is 14.3. The predicted molar refractivity (Wildman–Crippen MR) is 77.2 cm³/mol. The fourth-order valence-corrected chi connectivity index (χ4v) is 2.47. The minimum absolute atomic E-state index is 0.149. The van der Waals surface area contributed by atoms with Crippen molar-refractivity contribution in [2.75, 3.05) is 11.9 Å². The van der Waals surface area contributed by atoms with E-state index in [2.05, 4.69) is 10.3 Å². The van der Waals surface area contributed by atoms with Crippen molar-refractivity contribution in [3.8, 4) is 0 Å². The van der Waals surface area contributed by atoms with Crippen LogP contribution in [-0.2, 0) is 0 Å². The maximum atomic E-state index is 14.4. The number of nitrogens with one attached hydrogen (secondary N) is 1. The van der Waals surface area contributed by atoms with E-state index in [0.29, 0.717) is 17.2 Å². The summed E-state index contributed by atoms with van der Waals surface area (Å²) in [4.78, 5) is 4.35. The quantitative estimate of drug-likeness (QED) is 0.888. The van der Waals surface area contributed by atoms with Gasteiger partial charge in [-0.05, 0) is 43.9 Å². The van der Waals surface area contributed by atoms with Crippen molar-refractivity contribution in [2.45, 2.75) is 39.0 Å². The molecular formula is C16H18F2N2. The van der Waals surface area contributed by atoms with Gasteiger partial charge in [0.05, 0.1) is 5.39 Å². The minimum Gasteiger partial charge on any atom is -0.384 e. The van der Waals surface area contributed by atoms with Gasteiger partial charge in [-0.2, -0.15) is 0 Å². The Kier molecular flexibility index (Phi) is 3.32. The van der Waals surface area contributed by atoms with Gasteiger partial charge in [-0.3, -0.25) is 0 Å². The molecule has 1 aromatic carbocycles. The number of anilines is 1. The van der Waals surface area contributed by atoms with Crippen molar-refractivity contribution >= 4 is 16.6 Å². The molecule has 1 saturated carbocycles. The summed E-state index contributed by atoms with van der Waals surface area (Å²) in [6.45, 7) is 4.36. The monoisotopic (exact) mass is 276 g/mol. The van der Waals surface area contributed by atoms with Gasteiger partial charge in [-0.15, -0.1) is 0 Å². The number of hydrogen-bond acceptors (Lipinski definition) is 2. The molecule has 1 aliphatic carbocycles. The van der Waals surface area contributed by atoms with Gasteiger partial charge in [0.25, 0.3) is 0 Å². The number of halogens is 2. The number of benzene rings is 1. The topological polar surface area (TPSA) is 24.9 Å². The summed E-state index contributed by atoms with van der Waals surface area (Å²) in [7, 11) is 0. The van der Waals surface area contributed by atoms with Crippen LogP contribution in [0, 0.1) is 18.6 Å². The van der Waals surface area contributed by atoms with Gasteiger partial charge < -0.3 is 5.32 Å². The highest BCUT2D eigenvalue weighted by Gasteiger charge is 2.27. The standard InChI is InChI=1S/C16H18F2N2/c1-3-6-19-13-8-12(10-4-5-10)20-16-11(17)7-9(2)15(18)14(13)16/h7-8,10H,3-6H2,1-2H3,(H,19,20). The van der Waals surface area contributed by atoms with Crippen molar-refractivity contribution in [1.82, 2.24) is 4.98 Å². The van der Waals surface area contributed by atoms with E-state index in [0.717, 1.165) is 31.5 Å². The molecule has 1 aromatic heterocycles. The normalized spacial score (nSPS) is 14.8. The van der Waals surface area contributed by atoms with E-state index in [9.17, 15) is 8.78 Å². The van der Waals surface area contributed by atoms with E-state index in [1.807, 2.05) is 13.0 Å². The van der Waals surface area contributed by atoms with E-state index in [4.69, 9.17) is 0 Å². The third-order valence-electron chi connectivity index (χ3n) is 3.74. The Hall–Kier alpha value is -1.71. The maximum Gasteiger partial charge on any atom is 0.149 e. The molecule has 0 radical (unpaired) electrons. The van der Waals surface area contributed by atoms with E-state index >= 15 is 0 Å². The molecule has 1 fully saturated rings. The van der Waals surface area contributed by atoms with Gasteiger partial charge in [0, 0.05) is 23.8 Å². The van der Waals surface area contributed by atoms with Crippen LogP contribution in [0.3, 0.4) is 0 Å². The van der Waals surface area contributed by atoms with Crippen LogP contribution in [0.4, 0.5) is 14.5 Å². The third kappa shape index (κ3) is 2.23. The van der Waals surface area contributed by atoms with Crippen LogP contribution < -0.4 is 5.32 Å². The second kappa shape index (κ2) is 5.00. The van der Waals surface area contributed by atoms with Crippen molar-refractivity contribution < 1.29 is 8.78 Å². The SMILES string of the molecule is CCCNc1cc(C2CC2)nc2c(F)cc(C)c(F)c12. The highest BCUT2D eigenvalue weighted by Crippen LogP contribution is 2.42. The summed E-state index contributed by atoms with van der Waals surface area (Å²) in [6.07, 6.45) is 3.10. The zero-order valence-electron chi connectivity index (χ0n) is 11.8. The van der Waals surface area contributed by atoms with E-state index in [-0.39, 0.29) is 16.7 Å². The van der Waals surface area contributed by atoms with Gasteiger partial charge in [0.15, 0.2) is 0 Å². The summed E-state index contributed by atoms with van der Waals surface area (Å²) < 4.78 is 28.5. The predicted octanol–water partition coefficient (Wildman–Crippen LogP) is 4.52. The van der Waals surface area contributed by atoms with E-state index in [1.54, 1.807) is 6.92 Å². The Balaban J connectivity index is 2.25. The molecule has 2 nitrogen and oxygen atoms in total. The van der Waals surface area contributed by atoms with Crippen LogP contribution in [0.5, 0.6) is 0 Å². The van der Waals surface area contributed by atoms with Gasteiger partial charge >= 0.3 is 0 Å². The van der Waals surface area contributed by atoms with Crippen molar-refractivity contribution in [3.05, 3.63) is 35.0 Å². The first-order chi connectivity index (χ1) is 9.61. The Morgan fingerprint density at radius 2 is 2.05 bits per heavy atom. The molecule has 0 atom stereocenters. The van der Waals surface area contributed by atoms with Gasteiger partial charge in [0.2, 0.25) is 0 Å². The molecular weight excluding hydrogens is 258 g/mol. The smallest absolute Gasteiger partial charge is 0.149 e. The van der Waals surface area contributed by atoms with Crippen molar-refractivity contribution in [1.29, 1.82) is 0 Å². The average Bonchev–Trinajstić information content (AvgIpc) is 3.26. The molecule has 1 N–H and O–H groups in total. The highest BCUT2D eigenvalue weighted by molar-refractivity contribution is 5.93. The van der Waals surface area contributed by atoms with Crippen LogP contribution in [0.15, 0.2) is 12.1 Å². The van der Waals surface area contributed by atoms with Gasteiger partial charge in [-0.1, -0.05) is 6.92 Å². The van der Waals surface area contributed by atoms with E-state index < -0.39 is 5.82 Å². The molecule has 4 heteroatoms. The largest absolute Gasteiger partial charge is 0.384 e. The first kappa shape index (κ1) is 13.3. The number of rotatable bonds is 4. The van der Waals surface area contributed by atoms with Crippen LogP contribution in [-0.4, -0.2) is 11.5 Å². The molecule has 0 amide bonds. The van der Waals surface area contributed by atoms with E-state index in [1.165, 1.54) is 6.07 Å². The minimum atomic E-state index is -0.444. The fourth-order valence-electron chi connectivity index (χ4n) is 2.47. The zero-order valence-corrected chi connectivity index (χ0v) is 11.8. The van der Waals surface area contributed by atoms with Crippen LogP contribution in [0.25, 0.3) is 10.9 Å². The van der Waals surface area contributed by atoms with Crippen LogP contribution in [0.1, 0.15) is 43.4 Å². The summed E-state index contributed by atoms with van der Waals surface area (Å²) in [5, 5.41) is 3.49. The average molecular weight is 276 g/mol. The number of hydrogen-bond donors (Lipinski definition) is 1.